The highest BCUT2D eigenvalue weighted by Gasteiger charge is 2.55. The Morgan fingerprint density at radius 2 is 2.15 bits per heavy atom. The molecule has 2 aliphatic rings. The Kier molecular flexibility index (Phi) is 7.19. The summed E-state index contributed by atoms with van der Waals surface area (Å²) in [5.41, 5.74) is 6.74. The molecule has 5 heterocycles. The number of β-lactam (4-membered cyclic amide) rings is 1. The van der Waals surface area contributed by atoms with E-state index in [2.05, 4.69) is 25.8 Å². The van der Waals surface area contributed by atoms with Crippen molar-refractivity contribution < 1.29 is 33.7 Å². The van der Waals surface area contributed by atoms with Crippen molar-refractivity contribution in [2.24, 2.45) is 5.16 Å². The number of aliphatic carboxylic acids is 1. The van der Waals surface area contributed by atoms with Gasteiger partial charge in [0.25, 0.3) is 16.6 Å². The van der Waals surface area contributed by atoms with Crippen LogP contribution in [0.4, 0.5) is 10.3 Å². The fourth-order valence-electron chi connectivity index (χ4n) is 4.18. The largest absolute Gasteiger partial charge is 0.477 e. The van der Waals surface area contributed by atoms with Crippen LogP contribution in [0.3, 0.4) is 0 Å². The molecule has 0 radical (unpaired) electrons. The minimum Gasteiger partial charge on any atom is -0.477 e. The fourth-order valence-corrected chi connectivity index (χ4v) is 7.05. The highest BCUT2D eigenvalue weighted by atomic mass is 32.2. The zero-order chi connectivity index (χ0) is 27.8. The number of nitrogens with one attached hydrogen (secondary N) is 2. The number of hydrogen-bond acceptors (Lipinski definition) is 12. The number of carbonyl (C=O) groups is 4. The normalized spacial score (nSPS) is 19.0. The molecule has 0 saturated carbocycles. The zero-order valence-corrected chi connectivity index (χ0v) is 22.9. The van der Waals surface area contributed by atoms with Gasteiger partial charge in [0.1, 0.15) is 35.4 Å². The molecular formula is C22H21N8O6S3+. The maximum atomic E-state index is 13.1. The minimum atomic E-state index is -1.25. The Bertz CT molecular complexity index is 1580. The number of carboxylic acids is 1. The van der Waals surface area contributed by atoms with Gasteiger partial charge in [-0.25, -0.2) is 14.8 Å². The van der Waals surface area contributed by atoms with Crippen LogP contribution in [0.5, 0.6) is 0 Å². The Balaban J connectivity index is 1.38. The molecule has 0 aromatic carbocycles. The number of nitrogens with zero attached hydrogens (tertiary/aromatic N) is 5. The summed E-state index contributed by atoms with van der Waals surface area (Å²) in [6.45, 7) is 1.58. The number of amides is 3. The van der Waals surface area contributed by atoms with Crippen molar-refractivity contribution in [2.75, 3.05) is 23.9 Å². The lowest BCUT2D eigenvalue weighted by Gasteiger charge is -2.49. The average Bonchev–Trinajstić information content (AvgIpc) is 3.50. The lowest BCUT2D eigenvalue weighted by Crippen LogP contribution is -2.71. The number of carboxylic acid groups (broad SMARTS) is 1. The van der Waals surface area contributed by atoms with Crippen molar-refractivity contribution >= 4 is 84.4 Å². The van der Waals surface area contributed by atoms with Crippen molar-refractivity contribution in [1.29, 1.82) is 0 Å². The van der Waals surface area contributed by atoms with E-state index < -0.39 is 29.2 Å². The van der Waals surface area contributed by atoms with E-state index in [1.54, 1.807) is 18.3 Å². The first kappa shape index (κ1) is 26.5. The van der Waals surface area contributed by atoms with Gasteiger partial charge >= 0.3 is 5.97 Å². The number of pyridine rings is 1. The average molecular weight is 590 g/mol. The molecule has 5 rings (SSSR count). The van der Waals surface area contributed by atoms with Gasteiger partial charge in [0.15, 0.2) is 28.7 Å². The maximum absolute atomic E-state index is 13.1. The topological polar surface area (TPSA) is 193 Å². The van der Waals surface area contributed by atoms with Crippen LogP contribution in [0.1, 0.15) is 12.6 Å². The summed E-state index contributed by atoms with van der Waals surface area (Å²) in [6.07, 6.45) is 1.78. The van der Waals surface area contributed by atoms with Crippen LogP contribution >= 0.6 is 34.4 Å². The van der Waals surface area contributed by atoms with Crippen molar-refractivity contribution in [1.82, 2.24) is 20.2 Å². The summed E-state index contributed by atoms with van der Waals surface area (Å²) in [5, 5.41) is 20.6. The molecule has 39 heavy (non-hydrogen) atoms. The van der Waals surface area contributed by atoms with Crippen molar-refractivity contribution in [3.8, 4) is 0 Å². The standard InChI is InChI=1S/C22H20N8O6S3/c1-9(31)24-22-26-11-4-3-5-29(18(11)39-22)6-10-7-37-19-14(17(33)30(19)15(10)20(34)35)27-16(32)13(28-36-2)12-8-38-21(23)25-12/h3-5,8,14,19H,6-7H2,1-2H3,(H4-,23,24,25,26,27,31,32,34,35)/p+1/t14?,19-/m0/s1. The Morgan fingerprint density at radius 1 is 1.36 bits per heavy atom. The van der Waals surface area contributed by atoms with E-state index in [9.17, 15) is 24.3 Å². The third kappa shape index (κ3) is 5.02. The Hall–Kier alpha value is -4.09. The van der Waals surface area contributed by atoms with Crippen molar-refractivity contribution in [2.45, 2.75) is 24.9 Å². The number of rotatable bonds is 8. The van der Waals surface area contributed by atoms with E-state index >= 15 is 0 Å². The third-order valence-corrected chi connectivity index (χ3v) is 8.80. The minimum absolute atomic E-state index is 0.122. The summed E-state index contributed by atoms with van der Waals surface area (Å²) in [5.74, 6) is -2.44. The smallest absolute Gasteiger partial charge is 0.352 e. The number of nitrogens with two attached hydrogens (primary N) is 1. The first-order valence-electron chi connectivity index (χ1n) is 11.3. The van der Waals surface area contributed by atoms with Crippen LogP contribution in [-0.2, 0) is 30.6 Å². The number of thiazole rings is 2. The summed E-state index contributed by atoms with van der Waals surface area (Å²) in [4.78, 5) is 64.9. The molecule has 17 heteroatoms. The number of fused-ring (bicyclic) bond motifs is 2. The molecule has 202 valence electrons. The molecule has 1 saturated heterocycles. The summed E-state index contributed by atoms with van der Waals surface area (Å²) in [6, 6.07) is 2.60. The zero-order valence-electron chi connectivity index (χ0n) is 20.4. The molecule has 3 aromatic heterocycles. The molecule has 3 aromatic rings. The van der Waals surface area contributed by atoms with Gasteiger partial charge in [0.05, 0.1) is 0 Å². The number of oxime groups is 1. The van der Waals surface area contributed by atoms with Gasteiger partial charge in [0, 0.05) is 29.7 Å². The van der Waals surface area contributed by atoms with Gasteiger partial charge in [-0.1, -0.05) is 5.16 Å². The van der Waals surface area contributed by atoms with E-state index in [4.69, 9.17) is 10.6 Å². The highest BCUT2D eigenvalue weighted by Crippen LogP contribution is 2.40. The molecule has 0 aliphatic carbocycles. The first-order valence-corrected chi connectivity index (χ1v) is 14.0. The van der Waals surface area contributed by atoms with E-state index in [-0.39, 0.29) is 34.7 Å². The number of thioether (sulfide) groups is 1. The van der Waals surface area contributed by atoms with E-state index in [1.165, 1.54) is 47.4 Å². The quantitative estimate of drug-likeness (QED) is 0.123. The van der Waals surface area contributed by atoms with Gasteiger partial charge in [-0.15, -0.1) is 23.1 Å². The van der Waals surface area contributed by atoms with E-state index in [1.807, 2.05) is 4.57 Å². The number of anilines is 2. The molecule has 0 bridgehead atoms. The summed E-state index contributed by atoms with van der Waals surface area (Å²) >= 11 is 3.72. The van der Waals surface area contributed by atoms with Crippen LogP contribution in [-0.4, -0.2) is 73.7 Å². The van der Waals surface area contributed by atoms with Gasteiger partial charge in [-0.2, -0.15) is 4.57 Å². The van der Waals surface area contributed by atoms with Crippen LogP contribution in [0.25, 0.3) is 10.3 Å². The number of nitrogen functional groups attached to an aromatic ring is 1. The van der Waals surface area contributed by atoms with Crippen LogP contribution < -0.4 is 20.9 Å². The van der Waals surface area contributed by atoms with Gasteiger partial charge < -0.3 is 26.3 Å². The summed E-state index contributed by atoms with van der Waals surface area (Å²) in [7, 11) is 1.27. The Morgan fingerprint density at radius 3 is 2.82 bits per heavy atom. The molecule has 2 aliphatic heterocycles. The molecular weight excluding hydrogens is 568 g/mol. The Labute approximate surface area is 232 Å². The molecule has 3 amide bonds. The highest BCUT2D eigenvalue weighted by molar-refractivity contribution is 8.00. The second-order valence-corrected chi connectivity index (χ2v) is 11.3. The SMILES string of the molecule is CON=C(C(=O)NC1C(=O)N2C(C(=O)O)=C(C[n+]3cccc4nc(NC(C)=O)sc43)CS[C@@H]12)c1csc(N)n1. The second kappa shape index (κ2) is 10.6. The van der Waals surface area contributed by atoms with Gasteiger partial charge in [-0.3, -0.25) is 19.3 Å². The summed E-state index contributed by atoms with van der Waals surface area (Å²) < 4.78 is 1.83. The molecule has 5 N–H and O–H groups in total. The van der Waals surface area contributed by atoms with Crippen LogP contribution in [0, 0.1) is 0 Å². The monoisotopic (exact) mass is 589 g/mol. The molecule has 1 fully saturated rings. The maximum Gasteiger partial charge on any atom is 0.352 e. The number of carbonyl (C=O) groups excluding carboxylic acids is 3. The predicted molar refractivity (Wildman–Crippen MR) is 144 cm³/mol. The molecule has 1 unspecified atom stereocenters. The van der Waals surface area contributed by atoms with Crippen molar-refractivity contribution in [3.63, 3.8) is 0 Å². The van der Waals surface area contributed by atoms with E-state index in [0.29, 0.717) is 22.0 Å². The van der Waals surface area contributed by atoms with Crippen molar-refractivity contribution in [3.05, 3.63) is 40.7 Å². The second-order valence-electron chi connectivity index (χ2n) is 8.34. The van der Waals surface area contributed by atoms with Gasteiger partial charge in [-0.05, 0) is 17.4 Å². The molecule has 0 spiro atoms. The molecule has 2 atom stereocenters. The fraction of sp³-hybridized carbons (Fsp3) is 0.273. The number of aromatic nitrogens is 3. The van der Waals surface area contributed by atoms with Crippen LogP contribution in [0.15, 0.2) is 40.1 Å². The third-order valence-electron chi connectivity index (χ3n) is 5.76. The van der Waals surface area contributed by atoms with Gasteiger partial charge in [0.2, 0.25) is 5.91 Å². The number of hydrogen-bond donors (Lipinski definition) is 4. The van der Waals surface area contributed by atoms with E-state index in [0.717, 1.165) is 16.2 Å². The lowest BCUT2D eigenvalue weighted by atomic mass is 10.0. The predicted octanol–water partition coefficient (Wildman–Crippen LogP) is 0.370. The first-order chi connectivity index (χ1) is 18.7. The molecule has 14 nitrogen and oxygen atoms in total. The van der Waals surface area contributed by atoms with Crippen LogP contribution in [0.2, 0.25) is 0 Å². The lowest BCUT2D eigenvalue weighted by molar-refractivity contribution is -0.661.